The number of β-amino-alcohol motifs (C(OH)–C–C–N with tert-alkyl or cyclic N) is 1. The normalized spacial score (nSPS) is 19.8. The van der Waals surface area contributed by atoms with Gasteiger partial charge < -0.3 is 25.4 Å². The zero-order valence-corrected chi connectivity index (χ0v) is 23.0. The van der Waals surface area contributed by atoms with E-state index in [2.05, 4.69) is 44.2 Å². The lowest BCUT2D eigenvalue weighted by Crippen LogP contribution is -2.67. The summed E-state index contributed by atoms with van der Waals surface area (Å²) >= 11 is 0. The number of fused-ring (bicyclic) bond motifs is 2. The van der Waals surface area contributed by atoms with Gasteiger partial charge in [0.05, 0.1) is 53.8 Å². The minimum Gasteiger partial charge on any atom is -0.390 e. The topological polar surface area (TPSA) is 107 Å². The number of anilines is 3. The smallest absolute Gasteiger partial charge is 0.254 e. The number of hydrogen-bond donors (Lipinski definition) is 3. The summed E-state index contributed by atoms with van der Waals surface area (Å²) in [5.41, 5.74) is 5.09. The molecule has 2 saturated heterocycles. The maximum atomic E-state index is 13.7. The fraction of sp³-hybridized carbons (Fsp3) is 0.367. The maximum absolute atomic E-state index is 13.7. The van der Waals surface area contributed by atoms with Crippen LogP contribution in [0.5, 0.6) is 0 Å². The highest BCUT2D eigenvalue weighted by atomic mass is 19.1. The molecule has 4 aromatic rings. The molecule has 3 aliphatic heterocycles. The van der Waals surface area contributed by atoms with Gasteiger partial charge in [-0.2, -0.15) is 0 Å². The molecule has 0 spiro atoms. The third-order valence-electron chi connectivity index (χ3n) is 8.62. The molecule has 0 radical (unpaired) electrons. The molecule has 1 aromatic carbocycles. The van der Waals surface area contributed by atoms with Crippen molar-refractivity contribution in [1.29, 1.82) is 0 Å². The van der Waals surface area contributed by atoms with E-state index in [1.807, 2.05) is 34.9 Å². The van der Waals surface area contributed by atoms with Crippen molar-refractivity contribution in [2.45, 2.75) is 38.1 Å². The summed E-state index contributed by atoms with van der Waals surface area (Å²) in [4.78, 5) is 26.4. The Bertz CT molecular complexity index is 1630. The van der Waals surface area contributed by atoms with Crippen LogP contribution in [0.4, 0.5) is 21.6 Å². The molecular formula is C30H32FN7O3. The number of amides is 1. The van der Waals surface area contributed by atoms with Crippen molar-refractivity contribution >= 4 is 28.7 Å². The van der Waals surface area contributed by atoms with E-state index in [4.69, 9.17) is 4.74 Å². The molecule has 1 atom stereocenters. The summed E-state index contributed by atoms with van der Waals surface area (Å²) in [7, 11) is 0. The Labute approximate surface area is 236 Å². The van der Waals surface area contributed by atoms with Gasteiger partial charge in [-0.05, 0) is 43.7 Å². The fourth-order valence-corrected chi connectivity index (χ4v) is 6.07. The number of aliphatic hydroxyl groups is 1. The Kier molecular flexibility index (Phi) is 6.18. The average Bonchev–Trinajstić information content (AvgIpc) is 3.55. The molecule has 11 heteroatoms. The van der Waals surface area contributed by atoms with Crippen LogP contribution in [0.25, 0.3) is 16.9 Å². The number of morpholine rings is 1. The largest absolute Gasteiger partial charge is 0.390 e. The van der Waals surface area contributed by atoms with Crippen molar-refractivity contribution in [3.05, 3.63) is 71.9 Å². The monoisotopic (exact) mass is 557 g/mol. The maximum Gasteiger partial charge on any atom is 0.254 e. The second-order valence-corrected chi connectivity index (χ2v) is 11.5. The van der Waals surface area contributed by atoms with Crippen molar-refractivity contribution in [1.82, 2.24) is 24.6 Å². The van der Waals surface area contributed by atoms with Gasteiger partial charge in [0.25, 0.3) is 5.91 Å². The highest BCUT2D eigenvalue weighted by molar-refractivity contribution is 6.06. The molecule has 7 rings (SSSR count). The first-order valence-corrected chi connectivity index (χ1v) is 13.9. The van der Waals surface area contributed by atoms with Gasteiger partial charge >= 0.3 is 0 Å². The summed E-state index contributed by atoms with van der Waals surface area (Å²) in [5.74, 6) is 0.130. The first kappa shape index (κ1) is 25.9. The Morgan fingerprint density at radius 3 is 2.76 bits per heavy atom. The molecule has 3 N–H and O–H groups in total. The van der Waals surface area contributed by atoms with Crippen LogP contribution in [0.1, 0.15) is 29.8 Å². The Hall–Kier alpha value is -4.06. The number of carbonyl (C=O) groups excluding carboxylic acids is 1. The van der Waals surface area contributed by atoms with Crippen LogP contribution < -0.4 is 15.5 Å². The number of hydrogen-bond acceptors (Lipinski definition) is 8. The van der Waals surface area contributed by atoms with Gasteiger partial charge in [-0.3, -0.25) is 14.1 Å². The number of pyridine rings is 2. The molecule has 212 valence electrons. The molecular weight excluding hydrogens is 525 g/mol. The lowest BCUT2D eigenvalue weighted by Gasteiger charge is -2.52. The van der Waals surface area contributed by atoms with Crippen LogP contribution in [-0.2, 0) is 11.3 Å². The van der Waals surface area contributed by atoms with Gasteiger partial charge in [-0.1, -0.05) is 6.07 Å². The number of likely N-dealkylation sites (tertiary alicyclic amines) is 1. The van der Waals surface area contributed by atoms with Gasteiger partial charge in [0, 0.05) is 56.1 Å². The quantitative estimate of drug-likeness (QED) is 0.332. The van der Waals surface area contributed by atoms with Crippen LogP contribution in [0, 0.1) is 5.82 Å². The standard InChI is InChI=1S/C30H32FN7O3/c1-30(2,37-15-20(39)16-37)25-17-36(9-10-41-25)19-3-6-26(32-12-19)35-23-5-4-21(22-13-34-29(40)28(22)23)24-14-33-27-11-18(31)7-8-38(24)27/h3-8,11-12,14,20,25,39H,9-10,13,15-17H2,1-2H3,(H,32,35)(H,34,40)/t25-/m1/s1. The Morgan fingerprint density at radius 2 is 1.98 bits per heavy atom. The van der Waals surface area contributed by atoms with Crippen molar-refractivity contribution in [3.63, 3.8) is 0 Å². The first-order valence-electron chi connectivity index (χ1n) is 13.9. The molecule has 3 aromatic heterocycles. The highest BCUT2D eigenvalue weighted by Gasteiger charge is 2.44. The van der Waals surface area contributed by atoms with E-state index in [1.54, 1.807) is 12.4 Å². The summed E-state index contributed by atoms with van der Waals surface area (Å²) in [6, 6.07) is 10.6. The van der Waals surface area contributed by atoms with Crippen molar-refractivity contribution in [2.75, 3.05) is 43.0 Å². The van der Waals surface area contributed by atoms with Crippen LogP contribution in [0.2, 0.25) is 0 Å². The Balaban J connectivity index is 1.11. The third kappa shape index (κ3) is 4.50. The SMILES string of the molecule is CC(C)([C@H]1CN(c2ccc(Nc3ccc(-c4cnc5cc(F)ccn45)c4c3C(=O)NC4)nc2)CCO1)N1CC(O)C1. The molecule has 1 amide bonds. The van der Waals surface area contributed by atoms with E-state index in [0.717, 1.165) is 35.6 Å². The predicted octanol–water partition coefficient (Wildman–Crippen LogP) is 3.18. The summed E-state index contributed by atoms with van der Waals surface area (Å²) < 4.78 is 21.7. The molecule has 0 bridgehead atoms. The number of halogens is 1. The molecule has 0 unspecified atom stereocenters. The van der Waals surface area contributed by atoms with Gasteiger partial charge in [0.1, 0.15) is 17.3 Å². The van der Waals surface area contributed by atoms with Crippen LogP contribution in [-0.4, -0.2) is 80.8 Å². The zero-order valence-electron chi connectivity index (χ0n) is 23.0. The lowest BCUT2D eigenvalue weighted by atomic mass is 9.89. The number of nitrogens with zero attached hydrogens (tertiary/aromatic N) is 5. The van der Waals surface area contributed by atoms with E-state index in [1.165, 1.54) is 12.1 Å². The van der Waals surface area contributed by atoms with E-state index in [9.17, 15) is 14.3 Å². The van der Waals surface area contributed by atoms with Crippen molar-refractivity contribution in [2.24, 2.45) is 0 Å². The number of ether oxygens (including phenoxy) is 1. The van der Waals surface area contributed by atoms with Crippen LogP contribution in [0.15, 0.2) is 55.0 Å². The number of aliphatic hydroxyl groups excluding tert-OH is 1. The number of rotatable bonds is 6. The Morgan fingerprint density at radius 1 is 1.12 bits per heavy atom. The van der Waals surface area contributed by atoms with E-state index < -0.39 is 0 Å². The molecule has 41 heavy (non-hydrogen) atoms. The van der Waals surface area contributed by atoms with Gasteiger partial charge in [0.15, 0.2) is 0 Å². The number of benzene rings is 1. The predicted molar refractivity (Wildman–Crippen MR) is 153 cm³/mol. The summed E-state index contributed by atoms with van der Waals surface area (Å²) in [5, 5.41) is 16.0. The minimum absolute atomic E-state index is 0.00750. The van der Waals surface area contributed by atoms with Gasteiger partial charge in [-0.15, -0.1) is 0 Å². The summed E-state index contributed by atoms with van der Waals surface area (Å²) in [6.45, 7) is 8.23. The number of carbonyl (C=O) groups is 1. The highest BCUT2D eigenvalue weighted by Crippen LogP contribution is 2.36. The van der Waals surface area contributed by atoms with Crippen LogP contribution in [0.3, 0.4) is 0 Å². The molecule has 6 heterocycles. The van der Waals surface area contributed by atoms with Gasteiger partial charge in [-0.25, -0.2) is 14.4 Å². The van der Waals surface area contributed by atoms with Crippen molar-refractivity contribution < 1.29 is 19.0 Å². The number of nitrogens with one attached hydrogen (secondary N) is 2. The number of imidazole rings is 1. The lowest BCUT2D eigenvalue weighted by molar-refractivity contribution is -0.121. The van der Waals surface area contributed by atoms with Crippen molar-refractivity contribution in [3.8, 4) is 11.3 Å². The molecule has 3 aliphatic rings. The zero-order chi connectivity index (χ0) is 28.3. The second kappa shape index (κ2) is 9.79. The first-order chi connectivity index (χ1) is 19.8. The van der Waals surface area contributed by atoms with E-state index >= 15 is 0 Å². The molecule has 2 fully saturated rings. The summed E-state index contributed by atoms with van der Waals surface area (Å²) in [6.07, 6.45) is 4.95. The minimum atomic E-state index is -0.348. The third-order valence-corrected chi connectivity index (χ3v) is 8.62. The average molecular weight is 558 g/mol. The molecule has 0 aliphatic carbocycles. The molecule has 0 saturated carbocycles. The fourth-order valence-electron chi connectivity index (χ4n) is 6.07. The van der Waals surface area contributed by atoms with E-state index in [0.29, 0.717) is 49.0 Å². The van der Waals surface area contributed by atoms with Gasteiger partial charge in [0.2, 0.25) is 0 Å². The second-order valence-electron chi connectivity index (χ2n) is 11.5. The molecule has 10 nitrogen and oxygen atoms in total. The van der Waals surface area contributed by atoms with E-state index in [-0.39, 0.29) is 29.5 Å². The van der Waals surface area contributed by atoms with Crippen LogP contribution >= 0.6 is 0 Å². The number of aromatic nitrogens is 3.